The van der Waals surface area contributed by atoms with Gasteiger partial charge in [0.1, 0.15) is 0 Å². The van der Waals surface area contributed by atoms with Crippen LogP contribution in [0.25, 0.3) is 0 Å². The van der Waals surface area contributed by atoms with Gasteiger partial charge in [-0.15, -0.1) is 0 Å². The van der Waals surface area contributed by atoms with Gasteiger partial charge in [0.25, 0.3) is 0 Å². The van der Waals surface area contributed by atoms with E-state index in [0.29, 0.717) is 18.9 Å². The molecule has 0 aliphatic carbocycles. The lowest BCUT2D eigenvalue weighted by atomic mass is 9.94. The smallest absolute Gasteiger partial charge is 0.335 e. The molecule has 0 amide bonds. The van der Waals surface area contributed by atoms with Crippen LogP contribution in [0.5, 0.6) is 0 Å². The van der Waals surface area contributed by atoms with Gasteiger partial charge in [-0.2, -0.15) is 0 Å². The number of aliphatic carboxylic acids is 1. The van der Waals surface area contributed by atoms with Crippen LogP contribution >= 0.6 is 0 Å². The molecule has 3 heteroatoms. The Morgan fingerprint density at radius 3 is 2.40 bits per heavy atom. The first-order valence-electron chi connectivity index (χ1n) is 5.79. The first-order chi connectivity index (χ1) is 6.92. The Morgan fingerprint density at radius 2 is 2.00 bits per heavy atom. The van der Waals surface area contributed by atoms with Gasteiger partial charge in [0.05, 0.1) is 0 Å². The van der Waals surface area contributed by atoms with Crippen LogP contribution in [0, 0.1) is 5.92 Å². The normalized spacial score (nSPS) is 15.3. The molecule has 0 aliphatic rings. The molecular weight excluding hydrogens is 192 g/mol. The van der Waals surface area contributed by atoms with Crippen molar-refractivity contribution in [2.45, 2.75) is 59.0 Å². The lowest BCUT2D eigenvalue weighted by Crippen LogP contribution is -2.40. The Labute approximate surface area is 92.8 Å². The summed E-state index contributed by atoms with van der Waals surface area (Å²) in [5.74, 6) is -0.523. The minimum absolute atomic E-state index is 0.331. The van der Waals surface area contributed by atoms with E-state index in [2.05, 4.69) is 6.92 Å². The fraction of sp³-hybridized carbons (Fsp3) is 0.917. The Balaban J connectivity index is 4.08. The number of rotatable bonds is 8. The van der Waals surface area contributed by atoms with E-state index < -0.39 is 11.6 Å². The minimum Gasteiger partial charge on any atom is -0.479 e. The number of unbranched alkanes of at least 4 members (excludes halogenated alkanes) is 2. The van der Waals surface area contributed by atoms with Crippen LogP contribution in [0.1, 0.15) is 53.4 Å². The van der Waals surface area contributed by atoms with Crippen LogP contribution in [-0.2, 0) is 9.53 Å². The summed E-state index contributed by atoms with van der Waals surface area (Å²) in [5.41, 5.74) is -1.01. The maximum atomic E-state index is 11.1. The Hall–Kier alpha value is -0.570. The number of carbonyl (C=O) groups is 1. The molecule has 0 heterocycles. The van der Waals surface area contributed by atoms with Crippen molar-refractivity contribution in [2.24, 2.45) is 5.92 Å². The van der Waals surface area contributed by atoms with E-state index >= 15 is 0 Å². The number of ether oxygens (including phenoxy) is 1. The van der Waals surface area contributed by atoms with Crippen molar-refractivity contribution in [2.75, 3.05) is 6.61 Å². The zero-order valence-electron chi connectivity index (χ0n) is 10.4. The molecule has 0 aromatic rings. The zero-order chi connectivity index (χ0) is 11.9. The lowest BCUT2D eigenvalue weighted by Gasteiger charge is -2.27. The van der Waals surface area contributed by atoms with Crippen LogP contribution in [0.2, 0.25) is 0 Å². The number of carboxylic acid groups (broad SMARTS) is 1. The zero-order valence-corrected chi connectivity index (χ0v) is 10.4. The van der Waals surface area contributed by atoms with Crippen molar-refractivity contribution < 1.29 is 14.6 Å². The molecule has 0 radical (unpaired) electrons. The molecule has 90 valence electrons. The molecule has 1 N–H and O–H groups in total. The Morgan fingerprint density at radius 1 is 1.40 bits per heavy atom. The van der Waals surface area contributed by atoms with Gasteiger partial charge < -0.3 is 9.84 Å². The molecule has 1 unspecified atom stereocenters. The van der Waals surface area contributed by atoms with Crippen molar-refractivity contribution in [3.63, 3.8) is 0 Å². The summed E-state index contributed by atoms with van der Waals surface area (Å²) in [7, 11) is 0. The van der Waals surface area contributed by atoms with Gasteiger partial charge in [0.15, 0.2) is 5.60 Å². The highest BCUT2D eigenvalue weighted by Crippen LogP contribution is 2.21. The van der Waals surface area contributed by atoms with Gasteiger partial charge in [-0.25, -0.2) is 4.79 Å². The molecular formula is C12H24O3. The summed E-state index contributed by atoms with van der Waals surface area (Å²) in [6.07, 6.45) is 3.72. The van der Waals surface area contributed by atoms with E-state index in [4.69, 9.17) is 9.84 Å². The summed E-state index contributed by atoms with van der Waals surface area (Å²) in [6, 6.07) is 0. The SMILES string of the molecule is CCCCCOC(C)(CC(C)C)C(=O)O. The monoisotopic (exact) mass is 216 g/mol. The summed E-state index contributed by atoms with van der Waals surface area (Å²) in [5, 5.41) is 9.11. The number of carboxylic acids is 1. The second kappa shape index (κ2) is 6.83. The van der Waals surface area contributed by atoms with Gasteiger partial charge in [-0.3, -0.25) is 0 Å². The van der Waals surface area contributed by atoms with Crippen molar-refractivity contribution >= 4 is 5.97 Å². The maximum absolute atomic E-state index is 11.1. The fourth-order valence-corrected chi connectivity index (χ4v) is 1.64. The van der Waals surface area contributed by atoms with Crippen LogP contribution in [0.15, 0.2) is 0 Å². The van der Waals surface area contributed by atoms with Crippen molar-refractivity contribution in [3.05, 3.63) is 0 Å². The molecule has 0 aromatic heterocycles. The van der Waals surface area contributed by atoms with E-state index in [0.717, 1.165) is 19.3 Å². The van der Waals surface area contributed by atoms with E-state index in [1.165, 1.54) is 0 Å². The van der Waals surface area contributed by atoms with Gasteiger partial charge in [0.2, 0.25) is 0 Å². The molecule has 0 saturated heterocycles. The Kier molecular flexibility index (Phi) is 6.57. The molecule has 0 aromatic carbocycles. The molecule has 0 bridgehead atoms. The summed E-state index contributed by atoms with van der Waals surface area (Å²) in [4.78, 5) is 11.1. The maximum Gasteiger partial charge on any atom is 0.335 e. The Bertz CT molecular complexity index is 189. The second-order valence-electron chi connectivity index (χ2n) is 4.69. The molecule has 0 rings (SSSR count). The van der Waals surface area contributed by atoms with Gasteiger partial charge in [-0.1, -0.05) is 33.6 Å². The van der Waals surface area contributed by atoms with E-state index in [1.54, 1.807) is 6.92 Å². The van der Waals surface area contributed by atoms with Gasteiger partial charge >= 0.3 is 5.97 Å². The molecule has 3 nitrogen and oxygen atoms in total. The highest BCUT2D eigenvalue weighted by atomic mass is 16.5. The van der Waals surface area contributed by atoms with Crippen LogP contribution in [-0.4, -0.2) is 23.3 Å². The lowest BCUT2D eigenvalue weighted by molar-refractivity contribution is -0.166. The molecule has 0 aliphatic heterocycles. The largest absolute Gasteiger partial charge is 0.479 e. The van der Waals surface area contributed by atoms with Crippen molar-refractivity contribution in [1.29, 1.82) is 0 Å². The third-order valence-electron chi connectivity index (χ3n) is 2.42. The summed E-state index contributed by atoms with van der Waals surface area (Å²) < 4.78 is 5.50. The average molecular weight is 216 g/mol. The van der Waals surface area contributed by atoms with Gasteiger partial charge in [0, 0.05) is 6.61 Å². The first-order valence-corrected chi connectivity index (χ1v) is 5.79. The highest BCUT2D eigenvalue weighted by molar-refractivity contribution is 5.76. The van der Waals surface area contributed by atoms with Crippen LogP contribution in [0.3, 0.4) is 0 Å². The molecule has 1 atom stereocenters. The van der Waals surface area contributed by atoms with Crippen molar-refractivity contribution in [3.8, 4) is 0 Å². The topological polar surface area (TPSA) is 46.5 Å². The second-order valence-corrected chi connectivity index (χ2v) is 4.69. The van der Waals surface area contributed by atoms with Crippen LogP contribution < -0.4 is 0 Å². The standard InChI is InChI=1S/C12H24O3/c1-5-6-7-8-15-12(4,11(13)14)9-10(2)3/h10H,5-9H2,1-4H3,(H,13,14). The molecule has 0 saturated carbocycles. The van der Waals surface area contributed by atoms with Crippen LogP contribution in [0.4, 0.5) is 0 Å². The first kappa shape index (κ1) is 14.4. The minimum atomic E-state index is -1.01. The van der Waals surface area contributed by atoms with E-state index in [9.17, 15) is 4.79 Å². The number of hydrogen-bond donors (Lipinski definition) is 1. The predicted molar refractivity (Wildman–Crippen MR) is 61.0 cm³/mol. The highest BCUT2D eigenvalue weighted by Gasteiger charge is 2.34. The molecule has 0 fully saturated rings. The third-order valence-corrected chi connectivity index (χ3v) is 2.42. The predicted octanol–water partition coefficient (Wildman–Crippen LogP) is 3.08. The third kappa shape index (κ3) is 5.78. The van der Waals surface area contributed by atoms with E-state index in [1.807, 2.05) is 13.8 Å². The average Bonchev–Trinajstić information content (AvgIpc) is 2.11. The van der Waals surface area contributed by atoms with Gasteiger partial charge in [-0.05, 0) is 25.7 Å². The number of hydrogen-bond acceptors (Lipinski definition) is 2. The summed E-state index contributed by atoms with van der Waals surface area (Å²) >= 11 is 0. The quantitative estimate of drug-likeness (QED) is 0.634. The summed E-state index contributed by atoms with van der Waals surface area (Å²) in [6.45, 7) is 8.35. The fourth-order valence-electron chi connectivity index (χ4n) is 1.64. The molecule has 15 heavy (non-hydrogen) atoms. The molecule has 0 spiro atoms. The van der Waals surface area contributed by atoms with E-state index in [-0.39, 0.29) is 0 Å². The van der Waals surface area contributed by atoms with Crippen molar-refractivity contribution in [1.82, 2.24) is 0 Å².